The first-order valence-electron chi connectivity index (χ1n) is 12.2. The highest BCUT2D eigenvalue weighted by Crippen LogP contribution is 2.37. The van der Waals surface area contributed by atoms with E-state index in [0.717, 1.165) is 46.4 Å². The van der Waals surface area contributed by atoms with Gasteiger partial charge in [-0.2, -0.15) is 0 Å². The summed E-state index contributed by atoms with van der Waals surface area (Å²) < 4.78 is 5.95. The van der Waals surface area contributed by atoms with Crippen molar-refractivity contribution in [1.82, 2.24) is 5.32 Å². The molecule has 1 saturated carbocycles. The standard InChI is InChI=1S/C28H31NO5S2/c1-15-3-4-18(26-24(31)23(30)25(32)28(34-26)35-2)13-19(15)14-21-11-12-22(36-21)16-5-7-17(8-6-16)27(33)29-20-9-10-20/h3-8,11-13,20,23-26,28,30-32H,9-10,14H2,1-2H3,(H,29,33)/t23-,24-,25+,26+,28-/m1/s1. The molecule has 2 aliphatic rings. The predicted octanol–water partition coefficient (Wildman–Crippen LogP) is 4.05. The van der Waals surface area contributed by atoms with E-state index in [0.29, 0.717) is 11.6 Å². The van der Waals surface area contributed by atoms with Gasteiger partial charge in [-0.1, -0.05) is 30.3 Å². The number of nitrogens with one attached hydrogen (secondary N) is 1. The van der Waals surface area contributed by atoms with Crippen LogP contribution in [0.5, 0.6) is 0 Å². The summed E-state index contributed by atoms with van der Waals surface area (Å²) in [6.07, 6.45) is 0.354. The Morgan fingerprint density at radius 2 is 1.78 bits per heavy atom. The van der Waals surface area contributed by atoms with Crippen LogP contribution in [-0.4, -0.2) is 57.3 Å². The van der Waals surface area contributed by atoms with Crippen LogP contribution in [0.2, 0.25) is 0 Å². The van der Waals surface area contributed by atoms with Crippen LogP contribution < -0.4 is 5.32 Å². The molecule has 3 aromatic rings. The van der Waals surface area contributed by atoms with Crippen LogP contribution in [0.15, 0.2) is 54.6 Å². The van der Waals surface area contributed by atoms with Gasteiger partial charge in [-0.3, -0.25) is 4.79 Å². The maximum Gasteiger partial charge on any atom is 0.251 e. The number of hydrogen-bond acceptors (Lipinski definition) is 7. The summed E-state index contributed by atoms with van der Waals surface area (Å²) in [5, 5.41) is 34.1. The number of ether oxygens (including phenoxy) is 1. The second-order valence-electron chi connectivity index (χ2n) is 9.59. The van der Waals surface area contributed by atoms with E-state index in [1.807, 2.05) is 42.5 Å². The predicted molar refractivity (Wildman–Crippen MR) is 143 cm³/mol. The number of aliphatic hydroxyl groups is 3. The number of thiophene rings is 1. The summed E-state index contributed by atoms with van der Waals surface area (Å²) in [5.41, 5.74) is 4.18. The maximum absolute atomic E-state index is 12.3. The molecule has 5 atom stereocenters. The van der Waals surface area contributed by atoms with Crippen LogP contribution in [-0.2, 0) is 11.2 Å². The minimum Gasteiger partial charge on any atom is -0.387 e. The molecular formula is C28H31NO5S2. The average Bonchev–Trinajstić information content (AvgIpc) is 3.58. The van der Waals surface area contributed by atoms with Crippen molar-refractivity contribution in [3.63, 3.8) is 0 Å². The summed E-state index contributed by atoms with van der Waals surface area (Å²) in [6.45, 7) is 2.06. The van der Waals surface area contributed by atoms with E-state index < -0.39 is 29.9 Å². The molecule has 2 fully saturated rings. The van der Waals surface area contributed by atoms with E-state index in [4.69, 9.17) is 4.74 Å². The first-order chi connectivity index (χ1) is 17.3. The Morgan fingerprint density at radius 1 is 1.03 bits per heavy atom. The zero-order valence-corrected chi connectivity index (χ0v) is 21.9. The third kappa shape index (κ3) is 5.39. The Labute approximate surface area is 219 Å². The lowest BCUT2D eigenvalue weighted by Gasteiger charge is -2.40. The normalized spacial score (nSPS) is 26.1. The molecular weight excluding hydrogens is 494 g/mol. The molecule has 1 aliphatic carbocycles. The minimum atomic E-state index is -1.27. The number of aryl methyl sites for hydroxylation is 1. The minimum absolute atomic E-state index is 0.00998. The van der Waals surface area contributed by atoms with E-state index in [2.05, 4.69) is 24.4 Å². The Balaban J connectivity index is 1.31. The van der Waals surface area contributed by atoms with Gasteiger partial charge in [-0.25, -0.2) is 0 Å². The summed E-state index contributed by atoms with van der Waals surface area (Å²) in [5.74, 6) is -0.00998. The Bertz CT molecular complexity index is 1220. The second kappa shape index (κ2) is 10.7. The van der Waals surface area contributed by atoms with Crippen molar-refractivity contribution in [2.45, 2.75) is 62.1 Å². The summed E-state index contributed by atoms with van der Waals surface area (Å²) in [6, 6.07) is 18.3. The average molecular weight is 526 g/mol. The first kappa shape index (κ1) is 25.4. The fourth-order valence-electron chi connectivity index (χ4n) is 4.48. The molecule has 2 aromatic carbocycles. The monoisotopic (exact) mass is 525 g/mol. The lowest BCUT2D eigenvalue weighted by molar-refractivity contribution is -0.200. The second-order valence-corrected chi connectivity index (χ2v) is 11.7. The van der Waals surface area contributed by atoms with E-state index >= 15 is 0 Å². The van der Waals surface area contributed by atoms with Crippen molar-refractivity contribution in [2.24, 2.45) is 0 Å². The molecule has 0 spiro atoms. The molecule has 0 radical (unpaired) electrons. The summed E-state index contributed by atoms with van der Waals surface area (Å²) >= 11 is 3.03. The molecule has 6 nitrogen and oxygen atoms in total. The molecule has 1 aromatic heterocycles. The van der Waals surface area contributed by atoms with Crippen LogP contribution in [0, 0.1) is 6.92 Å². The number of thioether (sulfide) groups is 1. The van der Waals surface area contributed by atoms with Crippen LogP contribution >= 0.6 is 23.1 Å². The van der Waals surface area contributed by atoms with Crippen molar-refractivity contribution in [3.05, 3.63) is 81.7 Å². The Kier molecular flexibility index (Phi) is 7.53. The highest BCUT2D eigenvalue weighted by atomic mass is 32.2. The zero-order valence-electron chi connectivity index (χ0n) is 20.3. The summed E-state index contributed by atoms with van der Waals surface area (Å²) in [7, 11) is 0. The molecule has 36 heavy (non-hydrogen) atoms. The lowest BCUT2D eigenvalue weighted by Crippen LogP contribution is -2.52. The third-order valence-corrected chi connectivity index (χ3v) is 8.86. The molecule has 1 saturated heterocycles. The number of carbonyl (C=O) groups excluding carboxylic acids is 1. The van der Waals surface area contributed by atoms with Gasteiger partial charge in [0.15, 0.2) is 0 Å². The van der Waals surface area contributed by atoms with E-state index in [1.165, 1.54) is 16.6 Å². The number of carbonyl (C=O) groups is 1. The quantitative estimate of drug-likeness (QED) is 0.372. The van der Waals surface area contributed by atoms with Crippen LogP contribution in [0.4, 0.5) is 0 Å². The van der Waals surface area contributed by atoms with Gasteiger partial charge in [-0.15, -0.1) is 23.1 Å². The van der Waals surface area contributed by atoms with Crippen LogP contribution in [0.3, 0.4) is 0 Å². The topological polar surface area (TPSA) is 99.0 Å². The van der Waals surface area contributed by atoms with Crippen molar-refractivity contribution >= 4 is 29.0 Å². The van der Waals surface area contributed by atoms with Gasteiger partial charge in [0.25, 0.3) is 5.91 Å². The smallest absolute Gasteiger partial charge is 0.251 e. The van der Waals surface area contributed by atoms with E-state index in [9.17, 15) is 20.1 Å². The third-order valence-electron chi connectivity index (χ3n) is 6.87. The highest BCUT2D eigenvalue weighted by molar-refractivity contribution is 7.99. The van der Waals surface area contributed by atoms with E-state index in [-0.39, 0.29) is 5.91 Å². The van der Waals surface area contributed by atoms with Crippen molar-refractivity contribution in [3.8, 4) is 10.4 Å². The molecule has 2 heterocycles. The van der Waals surface area contributed by atoms with Crippen molar-refractivity contribution in [1.29, 1.82) is 0 Å². The fourth-order valence-corrected chi connectivity index (χ4v) is 6.18. The first-order valence-corrected chi connectivity index (χ1v) is 14.3. The number of hydrogen-bond donors (Lipinski definition) is 4. The van der Waals surface area contributed by atoms with Gasteiger partial charge in [0.05, 0.1) is 0 Å². The van der Waals surface area contributed by atoms with Crippen molar-refractivity contribution < 1.29 is 24.9 Å². The van der Waals surface area contributed by atoms with Crippen molar-refractivity contribution in [2.75, 3.05) is 6.26 Å². The van der Waals surface area contributed by atoms with Gasteiger partial charge < -0.3 is 25.4 Å². The lowest BCUT2D eigenvalue weighted by atomic mass is 9.92. The maximum atomic E-state index is 12.3. The molecule has 1 amide bonds. The van der Waals surface area contributed by atoms with Crippen LogP contribution in [0.25, 0.3) is 10.4 Å². The number of amides is 1. The number of aliphatic hydroxyl groups excluding tert-OH is 3. The molecule has 0 bridgehead atoms. The summed E-state index contributed by atoms with van der Waals surface area (Å²) in [4.78, 5) is 14.6. The molecule has 8 heteroatoms. The highest BCUT2D eigenvalue weighted by Gasteiger charge is 2.44. The number of rotatable bonds is 7. The van der Waals surface area contributed by atoms with Gasteiger partial charge in [0.1, 0.15) is 29.9 Å². The fraction of sp³-hybridized carbons (Fsp3) is 0.393. The van der Waals surface area contributed by atoms with Gasteiger partial charge in [-0.05, 0) is 72.5 Å². The van der Waals surface area contributed by atoms with E-state index in [1.54, 1.807) is 17.6 Å². The number of benzene rings is 2. The Hall–Kier alpha value is -2.20. The SMILES string of the molecule is CS[C@H]1O[C@@H](c2ccc(C)c(Cc3ccc(-c4ccc(C(=O)NC5CC5)cc4)s3)c2)[C@H](O)[C@@H](O)[C@@H]1O. The Morgan fingerprint density at radius 3 is 2.47 bits per heavy atom. The molecule has 1 aliphatic heterocycles. The van der Waals surface area contributed by atoms with Gasteiger partial charge in [0, 0.05) is 27.8 Å². The van der Waals surface area contributed by atoms with Gasteiger partial charge >= 0.3 is 0 Å². The van der Waals surface area contributed by atoms with Gasteiger partial charge in [0.2, 0.25) is 0 Å². The molecule has 4 N–H and O–H groups in total. The largest absolute Gasteiger partial charge is 0.387 e. The molecule has 0 unspecified atom stereocenters. The molecule has 190 valence electrons. The zero-order chi connectivity index (χ0) is 25.4. The molecule has 5 rings (SSSR count). The van der Waals surface area contributed by atoms with Crippen LogP contribution in [0.1, 0.15) is 50.9 Å².